The van der Waals surface area contributed by atoms with Gasteiger partial charge in [0.05, 0.1) is 6.04 Å². The van der Waals surface area contributed by atoms with Gasteiger partial charge in [0.2, 0.25) is 6.71 Å². The Balaban J connectivity index is 1.06. The Bertz CT molecular complexity index is 3070. The highest BCUT2D eigenvalue weighted by atomic mass is 15.2. The third-order valence-electron chi connectivity index (χ3n) is 21.0. The molecule has 0 spiro atoms. The van der Waals surface area contributed by atoms with Crippen molar-refractivity contribution in [3.8, 4) is 0 Å². The molecule has 0 saturated carbocycles. The molecule has 6 bridgehead atoms. The molecule has 0 amide bonds. The summed E-state index contributed by atoms with van der Waals surface area (Å²) in [5.74, 6) is 2.05. The second-order valence-corrected chi connectivity index (χ2v) is 26.9. The van der Waals surface area contributed by atoms with Crippen molar-refractivity contribution in [3.05, 3.63) is 213 Å². The fraction of sp³-hybridized carbons (Fsp3) is 0.449. The third kappa shape index (κ3) is 6.79. The summed E-state index contributed by atoms with van der Waals surface area (Å²) in [5, 5.41) is 0. The van der Waals surface area contributed by atoms with E-state index in [1.165, 1.54) is 40.2 Å². The maximum absolute atomic E-state index is 3.00. The number of nitrogens with zero attached hydrogens (tertiary/aromatic N) is 2. The fourth-order valence-electron chi connectivity index (χ4n) is 16.3. The molecule has 0 aromatic heterocycles. The molecule has 11 aliphatic rings. The van der Waals surface area contributed by atoms with Crippen molar-refractivity contribution in [1.29, 1.82) is 0 Å². The zero-order chi connectivity index (χ0) is 49.7. The minimum Gasteiger partial charge on any atom is -0.358 e. The lowest BCUT2D eigenvalue weighted by molar-refractivity contribution is 0.186. The summed E-state index contributed by atoms with van der Waals surface area (Å²) < 4.78 is 0. The third-order valence-corrected chi connectivity index (χ3v) is 21.0. The first kappa shape index (κ1) is 46.5. The Kier molecular flexibility index (Phi) is 10.6. The molecule has 2 aromatic carbocycles. The van der Waals surface area contributed by atoms with E-state index in [2.05, 4.69) is 225 Å². The van der Waals surface area contributed by atoms with Crippen LogP contribution in [-0.2, 0) is 10.8 Å². The van der Waals surface area contributed by atoms with Crippen molar-refractivity contribution in [2.45, 2.75) is 156 Å². The van der Waals surface area contributed by atoms with Crippen LogP contribution in [0.5, 0.6) is 0 Å². The van der Waals surface area contributed by atoms with Gasteiger partial charge in [-0.25, -0.2) is 0 Å². The number of benzene rings is 2. The number of rotatable bonds is 5. The Morgan fingerprint density at radius 3 is 2.26 bits per heavy atom. The summed E-state index contributed by atoms with van der Waals surface area (Å²) in [6.45, 7) is 25.3. The summed E-state index contributed by atoms with van der Waals surface area (Å²) in [5.41, 5.74) is 21.7. The van der Waals surface area contributed by atoms with Gasteiger partial charge in [-0.2, -0.15) is 0 Å². The van der Waals surface area contributed by atoms with E-state index in [1.54, 1.807) is 44.4 Å². The van der Waals surface area contributed by atoms with Gasteiger partial charge >= 0.3 is 0 Å². The van der Waals surface area contributed by atoms with Gasteiger partial charge in [-0.05, 0) is 142 Å². The Morgan fingerprint density at radius 2 is 1.54 bits per heavy atom. The smallest absolute Gasteiger partial charge is 0.247 e. The molecule has 0 N–H and O–H groups in total. The maximum atomic E-state index is 3.00. The maximum Gasteiger partial charge on any atom is 0.247 e. The van der Waals surface area contributed by atoms with E-state index in [-0.39, 0.29) is 45.9 Å². The monoisotopic (exact) mass is 947 g/mol. The highest BCUT2D eigenvalue weighted by Crippen LogP contribution is 2.61. The highest BCUT2D eigenvalue weighted by molar-refractivity contribution is 6.89. The van der Waals surface area contributed by atoms with Crippen molar-refractivity contribution in [2.75, 3.05) is 4.90 Å². The van der Waals surface area contributed by atoms with Crippen LogP contribution >= 0.6 is 0 Å². The van der Waals surface area contributed by atoms with Gasteiger partial charge in [-0.15, -0.1) is 0 Å². The topological polar surface area (TPSA) is 6.48 Å². The molecular formula is C69H79BN2. The number of hydrogen-bond donors (Lipinski definition) is 0. The normalized spacial score (nSPS) is 32.4. The van der Waals surface area contributed by atoms with Gasteiger partial charge in [0.15, 0.2) is 0 Å². The van der Waals surface area contributed by atoms with Crippen molar-refractivity contribution < 1.29 is 0 Å². The highest BCUT2D eigenvalue weighted by Gasteiger charge is 2.58. The van der Waals surface area contributed by atoms with Crippen LogP contribution in [0, 0.1) is 39.9 Å². The summed E-state index contributed by atoms with van der Waals surface area (Å²) in [6, 6.07) is 17.6. The average Bonchev–Trinajstić information content (AvgIpc) is 3.73. The first-order chi connectivity index (χ1) is 34.5. The predicted octanol–water partition coefficient (Wildman–Crippen LogP) is 16.3. The molecule has 0 saturated heterocycles. The first-order valence-corrected chi connectivity index (χ1v) is 28.3. The summed E-state index contributed by atoms with van der Waals surface area (Å²) >= 11 is 0. The molecule has 9 unspecified atom stereocenters. The fourth-order valence-corrected chi connectivity index (χ4v) is 16.3. The Labute approximate surface area is 434 Å². The van der Waals surface area contributed by atoms with Crippen LogP contribution < -0.4 is 10.4 Å². The van der Waals surface area contributed by atoms with E-state index in [4.69, 9.17) is 0 Å². The zero-order valence-electron chi connectivity index (χ0n) is 45.2. The van der Waals surface area contributed by atoms with E-state index in [0.29, 0.717) is 29.6 Å². The number of anilines is 1. The van der Waals surface area contributed by atoms with Gasteiger partial charge < -0.3 is 9.80 Å². The molecule has 4 aliphatic heterocycles. The number of hydrogen-bond acceptors (Lipinski definition) is 2. The van der Waals surface area contributed by atoms with Crippen LogP contribution in [0.2, 0.25) is 0 Å². The van der Waals surface area contributed by atoms with Crippen LogP contribution in [0.15, 0.2) is 196 Å². The Morgan fingerprint density at radius 1 is 0.722 bits per heavy atom. The number of fused-ring (bicyclic) bond motifs is 8. The largest absolute Gasteiger partial charge is 0.358 e. The van der Waals surface area contributed by atoms with Crippen LogP contribution in [0.4, 0.5) is 5.69 Å². The SMILES string of the molecule is CC(C)(C)C1=CC2c3cc4cc5c3N(C3CC(C(C)(C)C)=CC6=C3B5C3=CC(CC=C3N6C3=CCC(C(C)(C5=CC=CCC5)c5ccccc5)CC3)C(C)(C3C=CC=CC3)C3=CC=CC(C3)C4(C)C)C2C=C1. The van der Waals surface area contributed by atoms with E-state index in [1.807, 2.05) is 0 Å². The molecule has 2 nitrogen and oxygen atoms in total. The van der Waals surface area contributed by atoms with Crippen LogP contribution in [0.25, 0.3) is 0 Å². The molecule has 7 aliphatic carbocycles. The summed E-state index contributed by atoms with van der Waals surface area (Å²) in [6.07, 6.45) is 53.3. The molecule has 0 fully saturated rings. The number of allylic oxidation sites excluding steroid dienone is 20. The average molecular weight is 947 g/mol. The molecule has 2 aromatic rings. The minimum atomic E-state index is -0.0710. The lowest BCUT2D eigenvalue weighted by atomic mass is 9.29. The molecule has 72 heavy (non-hydrogen) atoms. The van der Waals surface area contributed by atoms with E-state index >= 15 is 0 Å². The van der Waals surface area contributed by atoms with Crippen LogP contribution in [-0.4, -0.2) is 23.7 Å². The predicted molar refractivity (Wildman–Crippen MR) is 305 cm³/mol. The summed E-state index contributed by atoms with van der Waals surface area (Å²) in [7, 11) is 0. The second kappa shape index (κ2) is 16.4. The van der Waals surface area contributed by atoms with Crippen LogP contribution in [0.1, 0.15) is 150 Å². The lowest BCUT2D eigenvalue weighted by Gasteiger charge is -2.55. The van der Waals surface area contributed by atoms with Crippen molar-refractivity contribution >= 4 is 17.9 Å². The standard InChI is InChI=1S/C69H79BN2/c1-65(2,3)48-31-35-59-55(38-48)56-39-53-41-58-64(56)72(59)62-43-52(66(4,5)6)42-61-63(62)70(58)57-40-51(69(10,46-25-18-13-19-26-46)50-28-20-27-49(37-50)67(53,7)8)32-36-60(57)71(61)54-33-29-47(30-34-54)68(9,44-21-14-11-15-22-44)45-23-16-12-17-24-45/h11-16,18-23,25,27-28,31,33,35-36,38-42,46-47,49,51,55,59,62H,17,24,26,29-30,32,34,37,43H2,1-10H3. The summed E-state index contributed by atoms with van der Waals surface area (Å²) in [4.78, 5) is 5.88. The zero-order valence-corrected chi connectivity index (χ0v) is 45.2. The second-order valence-electron chi connectivity index (χ2n) is 26.9. The lowest BCUT2D eigenvalue weighted by Crippen LogP contribution is -2.60. The van der Waals surface area contributed by atoms with Gasteiger partial charge in [0, 0.05) is 45.6 Å². The van der Waals surface area contributed by atoms with Gasteiger partial charge in [-0.1, -0.05) is 226 Å². The van der Waals surface area contributed by atoms with E-state index < -0.39 is 0 Å². The van der Waals surface area contributed by atoms with Crippen molar-refractivity contribution in [1.82, 2.24) is 4.90 Å². The van der Waals surface area contributed by atoms with Crippen LogP contribution in [0.3, 0.4) is 0 Å². The first-order valence-electron chi connectivity index (χ1n) is 28.3. The van der Waals surface area contributed by atoms with Gasteiger partial charge in [0.1, 0.15) is 0 Å². The molecule has 4 heterocycles. The van der Waals surface area contributed by atoms with E-state index in [0.717, 1.165) is 51.4 Å². The molecule has 3 heteroatoms. The van der Waals surface area contributed by atoms with E-state index in [9.17, 15) is 0 Å². The van der Waals surface area contributed by atoms with Gasteiger partial charge in [0.25, 0.3) is 0 Å². The molecule has 0 radical (unpaired) electrons. The van der Waals surface area contributed by atoms with Gasteiger partial charge in [-0.3, -0.25) is 0 Å². The Hall–Kier alpha value is -5.28. The minimum absolute atomic E-state index is 0.0157. The van der Waals surface area contributed by atoms with Crippen molar-refractivity contribution in [3.63, 3.8) is 0 Å². The molecule has 368 valence electrons. The quantitative estimate of drug-likeness (QED) is 0.276. The molecular weight excluding hydrogens is 868 g/mol. The molecule has 9 atom stereocenters. The van der Waals surface area contributed by atoms with Crippen molar-refractivity contribution in [2.24, 2.45) is 39.9 Å². The molecule has 13 rings (SSSR count).